The minimum atomic E-state index is -0.264. The number of aromatic nitrogens is 3. The molecular formula is C17H21N3O. The van der Waals surface area contributed by atoms with E-state index in [0.29, 0.717) is 12.5 Å². The number of aliphatic hydroxyl groups is 1. The van der Waals surface area contributed by atoms with Gasteiger partial charge in [0.25, 0.3) is 0 Å². The van der Waals surface area contributed by atoms with Gasteiger partial charge < -0.3 is 9.67 Å². The molecule has 0 bridgehead atoms. The summed E-state index contributed by atoms with van der Waals surface area (Å²) >= 11 is 0. The first-order chi connectivity index (χ1) is 10.3. The highest BCUT2D eigenvalue weighted by Gasteiger charge is 2.23. The number of rotatable bonds is 3. The van der Waals surface area contributed by atoms with Gasteiger partial charge >= 0.3 is 0 Å². The molecule has 1 aromatic carbocycles. The van der Waals surface area contributed by atoms with E-state index in [1.165, 1.54) is 24.8 Å². The van der Waals surface area contributed by atoms with E-state index < -0.39 is 0 Å². The van der Waals surface area contributed by atoms with Gasteiger partial charge in [-0.25, -0.2) is 4.98 Å². The number of aliphatic hydroxyl groups excluding tert-OH is 1. The summed E-state index contributed by atoms with van der Waals surface area (Å²) < 4.78 is 4.31. The van der Waals surface area contributed by atoms with Crippen LogP contribution in [0.15, 0.2) is 36.8 Å². The summed E-state index contributed by atoms with van der Waals surface area (Å²) in [7, 11) is 0. The quantitative estimate of drug-likeness (QED) is 0.802. The molecule has 1 aliphatic rings. The second-order valence-electron chi connectivity index (χ2n) is 6.19. The van der Waals surface area contributed by atoms with Crippen molar-refractivity contribution in [2.24, 2.45) is 5.92 Å². The third-order valence-electron chi connectivity index (χ3n) is 4.89. The first kappa shape index (κ1) is 12.9. The van der Waals surface area contributed by atoms with Crippen molar-refractivity contribution >= 4 is 16.7 Å². The van der Waals surface area contributed by atoms with Crippen LogP contribution in [-0.2, 0) is 6.54 Å². The molecule has 1 unspecified atom stereocenters. The van der Waals surface area contributed by atoms with E-state index in [4.69, 9.17) is 0 Å². The molecular weight excluding hydrogens is 262 g/mol. The Balaban J connectivity index is 1.72. The van der Waals surface area contributed by atoms with Crippen molar-refractivity contribution in [2.75, 3.05) is 0 Å². The van der Waals surface area contributed by atoms with Gasteiger partial charge in [-0.3, -0.25) is 4.40 Å². The first-order valence-electron chi connectivity index (χ1n) is 7.92. The molecule has 4 nitrogen and oxygen atoms in total. The molecule has 0 aliphatic heterocycles. The molecule has 2 heterocycles. The molecule has 4 heteroatoms. The first-order valence-corrected chi connectivity index (χ1v) is 7.92. The molecule has 3 aromatic rings. The zero-order valence-corrected chi connectivity index (χ0v) is 12.2. The average Bonchev–Trinajstić information content (AvgIpc) is 3.11. The van der Waals surface area contributed by atoms with Crippen LogP contribution in [0.1, 0.15) is 32.1 Å². The average molecular weight is 283 g/mol. The maximum Gasteiger partial charge on any atom is 0.137 e. The van der Waals surface area contributed by atoms with Crippen molar-refractivity contribution in [3.8, 4) is 0 Å². The molecule has 0 spiro atoms. The summed E-state index contributed by atoms with van der Waals surface area (Å²) in [5.74, 6) is 0.447. The summed E-state index contributed by atoms with van der Waals surface area (Å²) in [5, 5.41) is 10.7. The lowest BCUT2D eigenvalue weighted by Gasteiger charge is -2.27. The fraction of sp³-hybridized carbons (Fsp3) is 0.471. The highest BCUT2D eigenvalue weighted by atomic mass is 16.3. The molecule has 1 N–H and O–H groups in total. The minimum absolute atomic E-state index is 0.264. The Bertz CT molecular complexity index is 752. The van der Waals surface area contributed by atoms with Crippen molar-refractivity contribution in [1.82, 2.24) is 14.0 Å². The lowest BCUT2D eigenvalue weighted by molar-refractivity contribution is 0.0715. The summed E-state index contributed by atoms with van der Waals surface area (Å²) in [6.45, 7) is 0.660. The highest BCUT2D eigenvalue weighted by molar-refractivity contribution is 5.81. The van der Waals surface area contributed by atoms with E-state index in [1.807, 2.05) is 18.6 Å². The largest absolute Gasteiger partial charge is 0.391 e. The van der Waals surface area contributed by atoms with Gasteiger partial charge in [0.2, 0.25) is 0 Å². The second kappa shape index (κ2) is 5.19. The van der Waals surface area contributed by atoms with Crippen molar-refractivity contribution in [3.05, 3.63) is 36.8 Å². The Labute approximate surface area is 124 Å². The maximum atomic E-state index is 10.7. The van der Waals surface area contributed by atoms with E-state index in [1.54, 1.807) is 0 Å². The van der Waals surface area contributed by atoms with E-state index in [2.05, 4.69) is 32.2 Å². The van der Waals surface area contributed by atoms with Gasteiger partial charge in [-0.2, -0.15) is 0 Å². The Morgan fingerprint density at radius 2 is 1.90 bits per heavy atom. The van der Waals surface area contributed by atoms with E-state index in [-0.39, 0.29) is 6.10 Å². The van der Waals surface area contributed by atoms with Crippen LogP contribution in [0, 0.1) is 5.92 Å². The van der Waals surface area contributed by atoms with Crippen LogP contribution in [0.3, 0.4) is 0 Å². The van der Waals surface area contributed by atoms with Gasteiger partial charge in [-0.1, -0.05) is 31.4 Å². The number of nitrogens with zero attached hydrogens (tertiary/aromatic N) is 3. The summed E-state index contributed by atoms with van der Waals surface area (Å²) in [4.78, 5) is 4.25. The van der Waals surface area contributed by atoms with Gasteiger partial charge in [0.1, 0.15) is 12.0 Å². The number of fused-ring (bicyclic) bond motifs is 3. The Kier molecular flexibility index (Phi) is 3.19. The van der Waals surface area contributed by atoms with E-state index in [0.717, 1.165) is 24.0 Å². The summed E-state index contributed by atoms with van der Waals surface area (Å²) in [6, 6.07) is 8.33. The Morgan fingerprint density at radius 3 is 2.71 bits per heavy atom. The molecule has 1 fully saturated rings. The molecule has 1 aliphatic carbocycles. The van der Waals surface area contributed by atoms with Crippen molar-refractivity contribution in [2.45, 2.75) is 44.8 Å². The van der Waals surface area contributed by atoms with E-state index >= 15 is 0 Å². The van der Waals surface area contributed by atoms with Crippen LogP contribution >= 0.6 is 0 Å². The molecule has 2 aromatic heterocycles. The lowest BCUT2D eigenvalue weighted by atomic mass is 9.85. The molecule has 110 valence electrons. The lowest BCUT2D eigenvalue weighted by Crippen LogP contribution is -2.27. The molecule has 0 saturated heterocycles. The molecule has 0 radical (unpaired) electrons. The fourth-order valence-electron chi connectivity index (χ4n) is 3.74. The number of hydrogen-bond acceptors (Lipinski definition) is 2. The van der Waals surface area contributed by atoms with Gasteiger partial charge in [-0.15, -0.1) is 0 Å². The number of para-hydroxylation sites is 2. The predicted octanol–water partition coefficient (Wildman–Crippen LogP) is 3.23. The third-order valence-corrected chi connectivity index (χ3v) is 4.89. The summed E-state index contributed by atoms with van der Waals surface area (Å²) in [6.07, 6.45) is 9.63. The van der Waals surface area contributed by atoms with Crippen LogP contribution in [0.2, 0.25) is 0 Å². The predicted molar refractivity (Wildman–Crippen MR) is 83.3 cm³/mol. The monoisotopic (exact) mass is 283 g/mol. The number of hydrogen-bond donors (Lipinski definition) is 1. The Hall–Kier alpha value is -1.81. The minimum Gasteiger partial charge on any atom is -0.391 e. The standard InChI is InChI=1S/C17H21N3O/c21-16(13-6-2-1-3-7-13)11-19-14-8-4-5-9-15(14)20-12-18-10-17(19)20/h4-5,8-10,12-13,16,21H,1-3,6-7,11H2. The molecule has 1 atom stereocenters. The van der Waals surface area contributed by atoms with Gasteiger partial charge in [0.05, 0.1) is 29.9 Å². The van der Waals surface area contributed by atoms with Crippen molar-refractivity contribution in [1.29, 1.82) is 0 Å². The van der Waals surface area contributed by atoms with Crippen molar-refractivity contribution < 1.29 is 5.11 Å². The summed E-state index contributed by atoms with van der Waals surface area (Å²) in [5.41, 5.74) is 3.39. The van der Waals surface area contributed by atoms with Gasteiger partial charge in [0.15, 0.2) is 0 Å². The molecule has 4 rings (SSSR count). The maximum absolute atomic E-state index is 10.7. The topological polar surface area (TPSA) is 42.5 Å². The SMILES string of the molecule is OC(Cn1c2ccccc2n2cncc12)C1CCCCC1. The van der Waals surface area contributed by atoms with Crippen LogP contribution in [0.25, 0.3) is 16.7 Å². The molecule has 0 amide bonds. The van der Waals surface area contributed by atoms with Crippen LogP contribution in [-0.4, -0.2) is 25.2 Å². The highest BCUT2D eigenvalue weighted by Crippen LogP contribution is 2.29. The van der Waals surface area contributed by atoms with Crippen LogP contribution in [0.5, 0.6) is 0 Å². The zero-order valence-electron chi connectivity index (χ0n) is 12.2. The fourth-order valence-corrected chi connectivity index (χ4v) is 3.74. The zero-order chi connectivity index (χ0) is 14.2. The number of benzene rings is 1. The smallest absolute Gasteiger partial charge is 0.137 e. The van der Waals surface area contributed by atoms with Gasteiger partial charge in [0, 0.05) is 0 Å². The second-order valence-corrected chi connectivity index (χ2v) is 6.19. The van der Waals surface area contributed by atoms with Gasteiger partial charge in [-0.05, 0) is 30.9 Å². The third kappa shape index (κ3) is 2.14. The molecule has 21 heavy (non-hydrogen) atoms. The van der Waals surface area contributed by atoms with Crippen LogP contribution < -0.4 is 0 Å². The normalized spacial score (nSPS) is 18.5. The van der Waals surface area contributed by atoms with E-state index in [9.17, 15) is 5.11 Å². The number of imidazole rings is 2. The Morgan fingerprint density at radius 1 is 1.14 bits per heavy atom. The van der Waals surface area contributed by atoms with Crippen LogP contribution in [0.4, 0.5) is 0 Å². The van der Waals surface area contributed by atoms with Crippen molar-refractivity contribution in [3.63, 3.8) is 0 Å². The molecule has 1 saturated carbocycles.